The summed E-state index contributed by atoms with van der Waals surface area (Å²) in [5, 5.41) is 0. The lowest BCUT2D eigenvalue weighted by molar-refractivity contribution is -0.134. The Morgan fingerprint density at radius 2 is 1.82 bits per heavy atom. The maximum Gasteiger partial charge on any atom is 0.311 e. The molecule has 0 atom stereocenters. The third-order valence-corrected chi connectivity index (χ3v) is 3.08. The Hall–Kier alpha value is -2.49. The van der Waals surface area contributed by atoms with Crippen LogP contribution in [-0.4, -0.2) is 19.7 Å². The molecule has 0 heterocycles. The molecule has 0 spiro atoms. The van der Waals surface area contributed by atoms with Gasteiger partial charge in [-0.05, 0) is 43.2 Å². The number of aryl methyl sites for hydroxylation is 1. The molecule has 0 fully saturated rings. The summed E-state index contributed by atoms with van der Waals surface area (Å²) < 4.78 is 16.1. The van der Waals surface area contributed by atoms with Crippen molar-refractivity contribution in [2.24, 2.45) is 0 Å². The van der Waals surface area contributed by atoms with E-state index < -0.39 is 0 Å². The van der Waals surface area contributed by atoms with Crippen molar-refractivity contribution >= 4 is 5.97 Å². The molecule has 0 radical (unpaired) electrons. The van der Waals surface area contributed by atoms with Crippen molar-refractivity contribution in [3.8, 4) is 17.2 Å². The molecule has 0 aliphatic rings. The zero-order valence-corrected chi connectivity index (χ0v) is 12.9. The van der Waals surface area contributed by atoms with E-state index >= 15 is 0 Å². The molecule has 0 aliphatic heterocycles. The number of carbonyl (C=O) groups excluding carboxylic acids is 1. The molecule has 2 rings (SSSR count). The van der Waals surface area contributed by atoms with Crippen molar-refractivity contribution in [1.82, 2.24) is 0 Å². The minimum atomic E-state index is -0.293. The van der Waals surface area contributed by atoms with Crippen LogP contribution < -0.4 is 14.2 Å². The van der Waals surface area contributed by atoms with Gasteiger partial charge in [-0.1, -0.05) is 24.3 Å². The number of hydrogen-bond acceptors (Lipinski definition) is 4. The highest BCUT2D eigenvalue weighted by Gasteiger charge is 2.10. The molecule has 4 heteroatoms. The van der Waals surface area contributed by atoms with Crippen LogP contribution >= 0.6 is 0 Å². The first-order chi connectivity index (χ1) is 10.7. The van der Waals surface area contributed by atoms with Gasteiger partial charge in [-0.3, -0.25) is 4.79 Å². The summed E-state index contributed by atoms with van der Waals surface area (Å²) in [5.41, 5.74) is 1.05. The summed E-state index contributed by atoms with van der Waals surface area (Å²) in [5.74, 6) is 1.52. The normalized spacial score (nSPS) is 10.1. The van der Waals surface area contributed by atoms with Crippen molar-refractivity contribution in [3.63, 3.8) is 0 Å². The van der Waals surface area contributed by atoms with E-state index in [0.29, 0.717) is 30.9 Å². The maximum absolute atomic E-state index is 11.8. The third-order valence-electron chi connectivity index (χ3n) is 3.08. The first-order valence-corrected chi connectivity index (χ1v) is 7.22. The average molecular weight is 300 g/mol. The van der Waals surface area contributed by atoms with E-state index in [9.17, 15) is 4.79 Å². The molecule has 116 valence electrons. The van der Waals surface area contributed by atoms with Crippen LogP contribution in [0.5, 0.6) is 17.2 Å². The minimum absolute atomic E-state index is 0.293. The van der Waals surface area contributed by atoms with Crippen LogP contribution in [0.1, 0.15) is 18.4 Å². The maximum atomic E-state index is 11.8. The number of para-hydroxylation sites is 1. The molecular formula is C18H20O4. The highest BCUT2D eigenvalue weighted by atomic mass is 16.6. The van der Waals surface area contributed by atoms with Gasteiger partial charge in [0.25, 0.3) is 0 Å². The topological polar surface area (TPSA) is 44.8 Å². The third kappa shape index (κ3) is 4.81. The number of rotatable bonds is 7. The number of esters is 1. The van der Waals surface area contributed by atoms with Gasteiger partial charge in [-0.2, -0.15) is 0 Å². The van der Waals surface area contributed by atoms with Crippen LogP contribution in [0.3, 0.4) is 0 Å². The second kappa shape index (κ2) is 8.08. The average Bonchev–Trinajstić information content (AvgIpc) is 2.54. The summed E-state index contributed by atoms with van der Waals surface area (Å²) in [6, 6.07) is 15.0. The quantitative estimate of drug-likeness (QED) is 0.443. The molecule has 0 bridgehead atoms. The van der Waals surface area contributed by atoms with Crippen LogP contribution in [0.4, 0.5) is 0 Å². The molecule has 0 aromatic heterocycles. The Labute approximate surface area is 130 Å². The predicted molar refractivity (Wildman–Crippen MR) is 84.5 cm³/mol. The molecule has 0 aliphatic carbocycles. The second-order valence-electron chi connectivity index (χ2n) is 4.89. The molecule has 0 saturated carbocycles. The second-order valence-corrected chi connectivity index (χ2v) is 4.89. The Morgan fingerprint density at radius 3 is 2.55 bits per heavy atom. The summed E-state index contributed by atoms with van der Waals surface area (Å²) in [7, 11) is 1.56. The van der Waals surface area contributed by atoms with Crippen molar-refractivity contribution in [2.45, 2.75) is 19.8 Å². The van der Waals surface area contributed by atoms with Gasteiger partial charge in [0.1, 0.15) is 5.75 Å². The molecule has 4 nitrogen and oxygen atoms in total. The molecule has 0 amide bonds. The van der Waals surface area contributed by atoms with E-state index in [4.69, 9.17) is 14.2 Å². The number of hydrogen-bond donors (Lipinski definition) is 0. The van der Waals surface area contributed by atoms with E-state index in [1.165, 1.54) is 0 Å². The molecular weight excluding hydrogens is 280 g/mol. The van der Waals surface area contributed by atoms with Crippen LogP contribution in [0.2, 0.25) is 0 Å². The van der Waals surface area contributed by atoms with Crippen molar-refractivity contribution < 1.29 is 19.0 Å². The van der Waals surface area contributed by atoms with E-state index in [0.717, 1.165) is 11.3 Å². The Bertz CT molecular complexity index is 608. The Balaban J connectivity index is 1.76. The predicted octanol–water partition coefficient (Wildman–Crippen LogP) is 3.77. The van der Waals surface area contributed by atoms with Gasteiger partial charge in [-0.15, -0.1) is 0 Å². The summed E-state index contributed by atoms with van der Waals surface area (Å²) >= 11 is 0. The number of benzene rings is 2. The monoisotopic (exact) mass is 300 g/mol. The van der Waals surface area contributed by atoms with Crippen LogP contribution in [-0.2, 0) is 4.79 Å². The van der Waals surface area contributed by atoms with Crippen LogP contribution in [0.25, 0.3) is 0 Å². The van der Waals surface area contributed by atoms with Crippen LogP contribution in [0.15, 0.2) is 48.5 Å². The lowest BCUT2D eigenvalue weighted by Crippen LogP contribution is -2.10. The first-order valence-electron chi connectivity index (χ1n) is 7.22. The number of carbonyl (C=O) groups is 1. The number of ether oxygens (including phenoxy) is 3. The molecule has 0 saturated heterocycles. The van der Waals surface area contributed by atoms with Crippen LogP contribution in [0, 0.1) is 6.92 Å². The largest absolute Gasteiger partial charge is 0.494 e. The zero-order valence-electron chi connectivity index (χ0n) is 12.9. The SMILES string of the molecule is COc1cc(C)ccc1OC(=O)CCCOc1ccccc1. The molecule has 22 heavy (non-hydrogen) atoms. The molecule has 0 unspecified atom stereocenters. The smallest absolute Gasteiger partial charge is 0.311 e. The fourth-order valence-corrected chi connectivity index (χ4v) is 1.96. The molecule has 2 aromatic carbocycles. The van der Waals surface area contributed by atoms with Crippen molar-refractivity contribution in [3.05, 3.63) is 54.1 Å². The van der Waals surface area contributed by atoms with E-state index in [2.05, 4.69) is 0 Å². The van der Waals surface area contributed by atoms with Gasteiger partial charge >= 0.3 is 5.97 Å². The lowest BCUT2D eigenvalue weighted by Gasteiger charge is -2.10. The number of methoxy groups -OCH3 is 1. The minimum Gasteiger partial charge on any atom is -0.494 e. The Kier molecular flexibility index (Phi) is 5.83. The Morgan fingerprint density at radius 1 is 1.05 bits per heavy atom. The first kappa shape index (κ1) is 15.9. The molecule has 0 N–H and O–H groups in total. The fourth-order valence-electron chi connectivity index (χ4n) is 1.96. The van der Waals surface area contributed by atoms with Gasteiger partial charge in [0, 0.05) is 6.42 Å². The van der Waals surface area contributed by atoms with Gasteiger partial charge < -0.3 is 14.2 Å². The van der Waals surface area contributed by atoms with Crippen molar-refractivity contribution in [1.29, 1.82) is 0 Å². The molecule has 2 aromatic rings. The van der Waals surface area contributed by atoms with E-state index in [1.807, 2.05) is 49.4 Å². The van der Waals surface area contributed by atoms with E-state index in [1.54, 1.807) is 13.2 Å². The van der Waals surface area contributed by atoms with Gasteiger partial charge in [0.15, 0.2) is 11.5 Å². The zero-order chi connectivity index (χ0) is 15.8. The summed E-state index contributed by atoms with van der Waals surface area (Å²) in [6.45, 7) is 2.43. The highest BCUT2D eigenvalue weighted by Crippen LogP contribution is 2.28. The summed E-state index contributed by atoms with van der Waals surface area (Å²) in [4.78, 5) is 11.8. The lowest BCUT2D eigenvalue weighted by atomic mass is 10.2. The van der Waals surface area contributed by atoms with Gasteiger partial charge in [-0.25, -0.2) is 0 Å². The van der Waals surface area contributed by atoms with Gasteiger partial charge in [0.05, 0.1) is 13.7 Å². The fraction of sp³-hybridized carbons (Fsp3) is 0.278. The van der Waals surface area contributed by atoms with E-state index in [-0.39, 0.29) is 5.97 Å². The standard InChI is InChI=1S/C18H20O4/c1-14-10-11-16(17(13-14)20-2)22-18(19)9-6-12-21-15-7-4-3-5-8-15/h3-5,7-8,10-11,13H,6,9,12H2,1-2H3. The van der Waals surface area contributed by atoms with Crippen molar-refractivity contribution in [2.75, 3.05) is 13.7 Å². The van der Waals surface area contributed by atoms with Gasteiger partial charge in [0.2, 0.25) is 0 Å². The summed E-state index contributed by atoms with van der Waals surface area (Å²) in [6.07, 6.45) is 0.895. The highest BCUT2D eigenvalue weighted by molar-refractivity contribution is 5.73.